The fraction of sp³-hybridized carbons (Fsp3) is 0.393. The molecule has 2 aromatic heterocycles. The molecule has 8 rings (SSSR count). The van der Waals surface area contributed by atoms with E-state index in [4.69, 9.17) is 42.1 Å². The van der Waals surface area contributed by atoms with Crippen molar-refractivity contribution in [2.75, 3.05) is 0 Å². The van der Waals surface area contributed by atoms with Gasteiger partial charge in [0.05, 0.1) is 0 Å². The highest BCUT2D eigenvalue weighted by Gasteiger charge is 2.40. The number of esters is 2. The van der Waals surface area contributed by atoms with Crippen molar-refractivity contribution in [3.05, 3.63) is 165 Å². The van der Waals surface area contributed by atoms with Crippen molar-refractivity contribution < 1.29 is 38.7 Å². The molecule has 0 bridgehead atoms. The fourth-order valence-electron chi connectivity index (χ4n) is 9.26. The van der Waals surface area contributed by atoms with Gasteiger partial charge in [0, 0.05) is 33.7 Å². The molecular formula is C56H62Cl2N4O8. The SMILES string of the molecule is CC(C)(C)OC(=O)c1nc(CC2(c3cccc(Cl)c3)CCCC2)nc(O)c1OCc1ccccc1.CC(C)(C)OC(=O)c1nc(CC2(c3cccc(Cl)c3)CCCC2)nc(O)c1OCc1ccccc1. The second-order valence-electron chi connectivity index (χ2n) is 20.2. The van der Waals surface area contributed by atoms with Gasteiger partial charge in [-0.15, -0.1) is 0 Å². The molecule has 12 nitrogen and oxygen atoms in total. The van der Waals surface area contributed by atoms with E-state index >= 15 is 0 Å². The maximum atomic E-state index is 13.1. The van der Waals surface area contributed by atoms with Crippen LogP contribution in [0.15, 0.2) is 109 Å². The predicted molar refractivity (Wildman–Crippen MR) is 270 cm³/mol. The Kier molecular flexibility index (Phi) is 16.4. The Hall–Kier alpha value is -6.24. The summed E-state index contributed by atoms with van der Waals surface area (Å²) in [5, 5.41) is 23.1. The minimum atomic E-state index is -0.734. The van der Waals surface area contributed by atoms with E-state index < -0.39 is 23.1 Å². The molecule has 4 aromatic carbocycles. The largest absolute Gasteiger partial charge is 0.491 e. The number of aromatic hydroxyl groups is 2. The highest BCUT2D eigenvalue weighted by atomic mass is 35.5. The first-order valence-corrected chi connectivity index (χ1v) is 24.6. The van der Waals surface area contributed by atoms with Crippen LogP contribution < -0.4 is 9.47 Å². The summed E-state index contributed by atoms with van der Waals surface area (Å²) in [5.41, 5.74) is 1.97. The Morgan fingerprint density at radius 1 is 0.529 bits per heavy atom. The Bertz CT molecular complexity index is 2560. The molecule has 0 aliphatic heterocycles. The molecule has 2 N–H and O–H groups in total. The number of ether oxygens (including phenoxy) is 4. The van der Waals surface area contributed by atoms with Crippen LogP contribution in [0.5, 0.6) is 23.3 Å². The maximum absolute atomic E-state index is 13.1. The topological polar surface area (TPSA) is 163 Å². The second-order valence-corrected chi connectivity index (χ2v) is 21.1. The summed E-state index contributed by atoms with van der Waals surface area (Å²) in [6, 6.07) is 34.7. The van der Waals surface area contributed by atoms with Crippen LogP contribution in [0, 0.1) is 0 Å². The van der Waals surface area contributed by atoms with Crippen LogP contribution in [0.2, 0.25) is 10.0 Å². The van der Waals surface area contributed by atoms with Gasteiger partial charge in [0.1, 0.15) is 36.1 Å². The lowest BCUT2D eigenvalue weighted by Gasteiger charge is -2.29. The molecule has 0 saturated heterocycles. The van der Waals surface area contributed by atoms with Crippen LogP contribution in [0.3, 0.4) is 0 Å². The summed E-state index contributed by atoms with van der Waals surface area (Å²) < 4.78 is 22.9. The quantitative estimate of drug-likeness (QED) is 0.0995. The first kappa shape index (κ1) is 51.6. The van der Waals surface area contributed by atoms with E-state index in [1.54, 1.807) is 41.5 Å². The number of carbonyl (C=O) groups excluding carboxylic acids is 2. The zero-order chi connectivity index (χ0) is 50.1. The van der Waals surface area contributed by atoms with Crippen molar-refractivity contribution in [3.63, 3.8) is 0 Å². The molecule has 6 aromatic rings. The Morgan fingerprint density at radius 3 is 1.21 bits per heavy atom. The van der Waals surface area contributed by atoms with Crippen molar-refractivity contribution >= 4 is 35.1 Å². The molecule has 70 heavy (non-hydrogen) atoms. The number of carbonyl (C=O) groups is 2. The van der Waals surface area contributed by atoms with Gasteiger partial charge in [-0.1, -0.05) is 134 Å². The molecule has 0 radical (unpaired) electrons. The van der Waals surface area contributed by atoms with Crippen molar-refractivity contribution in [1.82, 2.24) is 19.9 Å². The monoisotopic (exact) mass is 988 g/mol. The van der Waals surface area contributed by atoms with Gasteiger partial charge in [0.25, 0.3) is 11.8 Å². The number of hydrogen-bond acceptors (Lipinski definition) is 12. The molecule has 368 valence electrons. The first-order valence-electron chi connectivity index (χ1n) is 23.8. The number of rotatable bonds is 14. The van der Waals surface area contributed by atoms with E-state index in [9.17, 15) is 19.8 Å². The summed E-state index contributed by atoms with van der Waals surface area (Å²) >= 11 is 12.6. The van der Waals surface area contributed by atoms with Crippen molar-refractivity contribution in [3.8, 4) is 23.3 Å². The summed E-state index contributed by atoms with van der Waals surface area (Å²) in [5.74, 6) is -1.47. The van der Waals surface area contributed by atoms with Gasteiger partial charge in [-0.25, -0.2) is 19.6 Å². The second kappa shape index (κ2) is 22.2. The van der Waals surface area contributed by atoms with Crippen molar-refractivity contribution in [2.45, 2.75) is 141 Å². The summed E-state index contributed by atoms with van der Waals surface area (Å²) in [6.07, 6.45) is 9.05. The van der Waals surface area contributed by atoms with E-state index in [0.717, 1.165) is 73.6 Å². The zero-order valence-corrected chi connectivity index (χ0v) is 42.3. The highest BCUT2D eigenvalue weighted by molar-refractivity contribution is 6.30. The lowest BCUT2D eigenvalue weighted by atomic mass is 9.76. The average molecular weight is 990 g/mol. The number of benzene rings is 4. The van der Waals surface area contributed by atoms with Gasteiger partial charge in [0.15, 0.2) is 11.4 Å². The molecule has 0 unspecified atom stereocenters. The molecule has 0 spiro atoms. The average Bonchev–Trinajstić information content (AvgIpc) is 3.99. The molecule has 2 aliphatic rings. The first-order chi connectivity index (χ1) is 33.3. The van der Waals surface area contributed by atoms with E-state index in [1.165, 1.54) is 0 Å². The van der Waals surface area contributed by atoms with E-state index in [2.05, 4.69) is 32.1 Å². The summed E-state index contributed by atoms with van der Waals surface area (Å²) in [6.45, 7) is 11.0. The van der Waals surface area contributed by atoms with Gasteiger partial charge in [-0.3, -0.25) is 0 Å². The lowest BCUT2D eigenvalue weighted by Crippen LogP contribution is -2.28. The molecule has 2 saturated carbocycles. The molecule has 2 heterocycles. The van der Waals surface area contributed by atoms with E-state index in [1.807, 2.05) is 97.1 Å². The minimum absolute atomic E-state index is 0.0717. The fourth-order valence-corrected chi connectivity index (χ4v) is 9.64. The van der Waals surface area contributed by atoms with Crippen molar-refractivity contribution in [2.24, 2.45) is 0 Å². The summed E-state index contributed by atoms with van der Waals surface area (Å²) in [7, 11) is 0. The third-order valence-electron chi connectivity index (χ3n) is 12.4. The van der Waals surface area contributed by atoms with Gasteiger partial charge < -0.3 is 29.2 Å². The van der Waals surface area contributed by atoms with Gasteiger partial charge in [-0.05, 0) is 114 Å². The maximum Gasteiger partial charge on any atom is 0.361 e. The van der Waals surface area contributed by atoms with Crippen LogP contribution >= 0.6 is 23.2 Å². The zero-order valence-electron chi connectivity index (χ0n) is 40.8. The lowest BCUT2D eigenvalue weighted by molar-refractivity contribution is 0.00442. The van der Waals surface area contributed by atoms with Gasteiger partial charge >= 0.3 is 11.9 Å². The Balaban J connectivity index is 0.000000206. The number of aromatic nitrogens is 4. The van der Waals surface area contributed by atoms with E-state index in [-0.39, 0.29) is 58.7 Å². The summed E-state index contributed by atoms with van der Waals surface area (Å²) in [4.78, 5) is 44.1. The smallest absolute Gasteiger partial charge is 0.361 e. The normalized spacial score (nSPS) is 15.1. The van der Waals surface area contributed by atoms with Crippen LogP contribution in [0.4, 0.5) is 0 Å². The molecule has 0 atom stereocenters. The van der Waals surface area contributed by atoms with Crippen LogP contribution in [-0.4, -0.2) is 53.3 Å². The third kappa shape index (κ3) is 13.5. The van der Waals surface area contributed by atoms with Crippen molar-refractivity contribution in [1.29, 1.82) is 0 Å². The van der Waals surface area contributed by atoms with Gasteiger partial charge in [0.2, 0.25) is 11.5 Å². The van der Waals surface area contributed by atoms with Crippen LogP contribution in [0.25, 0.3) is 0 Å². The Morgan fingerprint density at radius 2 is 0.886 bits per heavy atom. The number of halogens is 2. The third-order valence-corrected chi connectivity index (χ3v) is 12.9. The molecule has 2 fully saturated rings. The predicted octanol–water partition coefficient (Wildman–Crippen LogP) is 12.8. The van der Waals surface area contributed by atoms with Crippen LogP contribution in [0.1, 0.15) is 148 Å². The van der Waals surface area contributed by atoms with Crippen LogP contribution in [-0.2, 0) is 46.4 Å². The minimum Gasteiger partial charge on any atom is -0.491 e. The van der Waals surface area contributed by atoms with E-state index in [0.29, 0.717) is 34.5 Å². The highest BCUT2D eigenvalue weighted by Crippen LogP contribution is 2.46. The van der Waals surface area contributed by atoms with Gasteiger partial charge in [-0.2, -0.15) is 9.97 Å². The molecule has 14 heteroatoms. The standard InChI is InChI=1S/2C28H31ClN2O4/c2*1-27(2,3)35-26(33)23-24(34-18-19-10-5-4-6-11-19)25(32)31-22(30-23)17-28(14-7-8-15-28)20-12-9-13-21(29)16-20/h2*4-6,9-13,16H,7-8,14-15,17-18H2,1-3H3,(H,30,31,32). The number of nitrogens with zero attached hydrogens (tertiary/aromatic N) is 4. The molecular weight excluding hydrogens is 928 g/mol. The Labute approximate surface area is 420 Å². The molecule has 2 aliphatic carbocycles. The molecule has 0 amide bonds. The number of hydrogen-bond donors (Lipinski definition) is 2.